The lowest BCUT2D eigenvalue weighted by Gasteiger charge is -2.30. The molecule has 1 saturated heterocycles. The first-order chi connectivity index (χ1) is 13.3. The molecule has 8 heteroatoms. The molecule has 28 heavy (non-hydrogen) atoms. The third kappa shape index (κ3) is 4.69. The Hall–Kier alpha value is -2.87. The maximum atomic E-state index is 12.9. The van der Waals surface area contributed by atoms with E-state index in [1.54, 1.807) is 32.0 Å². The zero-order valence-electron chi connectivity index (χ0n) is 16.0. The molecule has 2 atom stereocenters. The molecule has 0 aliphatic carbocycles. The Kier molecular flexibility index (Phi) is 7.17. The van der Waals surface area contributed by atoms with Crippen LogP contribution in [0.15, 0.2) is 30.3 Å². The topological polar surface area (TPSA) is 127 Å². The maximum absolute atomic E-state index is 12.9. The fourth-order valence-corrected chi connectivity index (χ4v) is 3.21. The monoisotopic (exact) mass is 387 g/mol. The molecule has 0 unspecified atom stereocenters. The van der Waals surface area contributed by atoms with Gasteiger partial charge in [0, 0.05) is 12.1 Å². The van der Waals surface area contributed by atoms with Crippen LogP contribution in [0.5, 0.6) is 0 Å². The standard InChI is InChI=1S/C20H25N3O5/c1-12(2)16(22-15(24)11-21)20(28)23-10-6-9-14(23)18(26)19(27)17(25)13-7-4-3-5-8-13/h3-5,7-8,12,14,16H,6,9-11,21H2,1-2H3,(H,22,24)/t14-,16-/m0/s1. The summed E-state index contributed by atoms with van der Waals surface area (Å²) in [5.41, 5.74) is 5.44. The number of carbonyl (C=O) groups is 5. The average molecular weight is 387 g/mol. The van der Waals surface area contributed by atoms with Crippen LogP contribution in [0.1, 0.15) is 37.0 Å². The highest BCUT2D eigenvalue weighted by molar-refractivity contribution is 6.68. The van der Waals surface area contributed by atoms with Gasteiger partial charge in [-0.25, -0.2) is 0 Å². The summed E-state index contributed by atoms with van der Waals surface area (Å²) in [6.45, 7) is 3.54. The Labute approximate surface area is 163 Å². The van der Waals surface area contributed by atoms with Crippen LogP contribution in [0.4, 0.5) is 0 Å². The van der Waals surface area contributed by atoms with E-state index in [0.717, 1.165) is 0 Å². The van der Waals surface area contributed by atoms with Gasteiger partial charge in [-0.15, -0.1) is 0 Å². The quantitative estimate of drug-likeness (QED) is 0.370. The van der Waals surface area contributed by atoms with Crippen LogP contribution in [0, 0.1) is 5.92 Å². The van der Waals surface area contributed by atoms with Crippen molar-refractivity contribution in [2.24, 2.45) is 11.7 Å². The normalized spacial score (nSPS) is 17.3. The van der Waals surface area contributed by atoms with Crippen molar-refractivity contribution in [2.75, 3.05) is 13.1 Å². The lowest BCUT2D eigenvalue weighted by molar-refractivity contribution is -0.144. The van der Waals surface area contributed by atoms with Gasteiger partial charge in [-0.1, -0.05) is 44.2 Å². The molecule has 0 radical (unpaired) electrons. The summed E-state index contributed by atoms with van der Waals surface area (Å²) in [6.07, 6.45) is 0.832. The highest BCUT2D eigenvalue weighted by Crippen LogP contribution is 2.22. The molecule has 8 nitrogen and oxygen atoms in total. The van der Waals surface area contributed by atoms with Gasteiger partial charge < -0.3 is 16.0 Å². The number of nitrogens with two attached hydrogens (primary N) is 1. The Morgan fingerprint density at radius 1 is 1.14 bits per heavy atom. The Bertz CT molecular complexity index is 775. The Morgan fingerprint density at radius 2 is 1.79 bits per heavy atom. The molecule has 1 aromatic rings. The van der Waals surface area contributed by atoms with Crippen molar-refractivity contribution in [3.8, 4) is 0 Å². The third-order valence-corrected chi connectivity index (χ3v) is 4.74. The largest absolute Gasteiger partial charge is 0.343 e. The van der Waals surface area contributed by atoms with Crippen molar-refractivity contribution in [1.29, 1.82) is 0 Å². The number of carbonyl (C=O) groups excluding carboxylic acids is 5. The molecule has 0 aromatic heterocycles. The first-order valence-electron chi connectivity index (χ1n) is 9.25. The number of rotatable bonds is 8. The van der Waals surface area contributed by atoms with E-state index in [9.17, 15) is 24.0 Å². The van der Waals surface area contributed by atoms with Crippen molar-refractivity contribution in [1.82, 2.24) is 10.2 Å². The molecule has 1 aliphatic heterocycles. The van der Waals surface area contributed by atoms with Crippen molar-refractivity contribution in [3.63, 3.8) is 0 Å². The van der Waals surface area contributed by atoms with Gasteiger partial charge in [-0.2, -0.15) is 0 Å². The second-order valence-corrected chi connectivity index (χ2v) is 7.07. The van der Waals surface area contributed by atoms with E-state index >= 15 is 0 Å². The maximum Gasteiger partial charge on any atom is 0.271 e. The average Bonchev–Trinajstić information content (AvgIpc) is 3.19. The van der Waals surface area contributed by atoms with Gasteiger partial charge >= 0.3 is 0 Å². The summed E-state index contributed by atoms with van der Waals surface area (Å²) in [6, 6.07) is 5.97. The van der Waals surface area contributed by atoms with Crippen LogP contribution < -0.4 is 11.1 Å². The molecule has 1 fully saturated rings. The minimum Gasteiger partial charge on any atom is -0.343 e. The van der Waals surface area contributed by atoms with E-state index < -0.39 is 41.2 Å². The first kappa shape index (κ1) is 21.4. The predicted molar refractivity (Wildman–Crippen MR) is 101 cm³/mol. The molecular weight excluding hydrogens is 362 g/mol. The molecule has 2 rings (SSSR count). The molecular formula is C20H25N3O5. The van der Waals surface area contributed by atoms with E-state index in [1.807, 2.05) is 0 Å². The molecule has 1 aliphatic rings. The van der Waals surface area contributed by atoms with Gasteiger partial charge in [0.2, 0.25) is 23.4 Å². The minimum atomic E-state index is -1.14. The second-order valence-electron chi connectivity index (χ2n) is 7.07. The van der Waals surface area contributed by atoms with E-state index in [1.165, 1.54) is 17.0 Å². The van der Waals surface area contributed by atoms with Gasteiger partial charge in [0.05, 0.1) is 12.6 Å². The van der Waals surface area contributed by atoms with Crippen LogP contribution in [-0.2, 0) is 19.2 Å². The van der Waals surface area contributed by atoms with E-state index in [-0.39, 0.29) is 24.6 Å². The van der Waals surface area contributed by atoms with Crippen molar-refractivity contribution < 1.29 is 24.0 Å². The summed E-state index contributed by atoms with van der Waals surface area (Å²) in [5.74, 6) is -4.09. The summed E-state index contributed by atoms with van der Waals surface area (Å²) in [7, 11) is 0. The molecule has 0 spiro atoms. The number of hydrogen-bond acceptors (Lipinski definition) is 6. The van der Waals surface area contributed by atoms with Gasteiger partial charge in [0.15, 0.2) is 0 Å². The highest BCUT2D eigenvalue weighted by atomic mass is 16.2. The number of nitrogens with zero attached hydrogens (tertiary/aromatic N) is 1. The number of Topliss-reactive ketones (excluding diaryl/α,β-unsaturated/α-hetero) is 3. The molecule has 150 valence electrons. The Morgan fingerprint density at radius 3 is 2.36 bits per heavy atom. The van der Waals surface area contributed by atoms with Crippen LogP contribution in [0.25, 0.3) is 0 Å². The van der Waals surface area contributed by atoms with E-state index in [2.05, 4.69) is 5.32 Å². The lowest BCUT2D eigenvalue weighted by atomic mass is 9.97. The fraction of sp³-hybridized carbons (Fsp3) is 0.450. The zero-order chi connectivity index (χ0) is 20.8. The molecule has 0 saturated carbocycles. The molecule has 0 bridgehead atoms. The van der Waals surface area contributed by atoms with E-state index in [0.29, 0.717) is 12.8 Å². The summed E-state index contributed by atoms with van der Waals surface area (Å²) >= 11 is 0. The lowest BCUT2D eigenvalue weighted by Crippen LogP contribution is -2.55. The van der Waals surface area contributed by atoms with Gasteiger partial charge in [-0.3, -0.25) is 24.0 Å². The van der Waals surface area contributed by atoms with Crippen LogP contribution in [-0.4, -0.2) is 59.2 Å². The molecule has 1 aromatic carbocycles. The van der Waals surface area contributed by atoms with Gasteiger partial charge in [0.1, 0.15) is 6.04 Å². The molecule has 3 N–H and O–H groups in total. The van der Waals surface area contributed by atoms with Crippen LogP contribution >= 0.6 is 0 Å². The number of ketones is 3. The molecule has 1 heterocycles. The Balaban J connectivity index is 2.17. The molecule has 2 amide bonds. The number of likely N-dealkylation sites (tertiary alicyclic amines) is 1. The number of hydrogen-bond donors (Lipinski definition) is 2. The first-order valence-corrected chi connectivity index (χ1v) is 9.25. The second kappa shape index (κ2) is 9.36. The summed E-state index contributed by atoms with van der Waals surface area (Å²) in [5, 5.41) is 2.56. The third-order valence-electron chi connectivity index (χ3n) is 4.74. The zero-order valence-corrected chi connectivity index (χ0v) is 16.0. The highest BCUT2D eigenvalue weighted by Gasteiger charge is 2.42. The predicted octanol–water partition coefficient (Wildman–Crippen LogP) is 0.0980. The summed E-state index contributed by atoms with van der Waals surface area (Å²) < 4.78 is 0. The minimum absolute atomic E-state index is 0.131. The van der Waals surface area contributed by atoms with Gasteiger partial charge in [-0.05, 0) is 18.8 Å². The van der Waals surface area contributed by atoms with Crippen LogP contribution in [0.2, 0.25) is 0 Å². The van der Waals surface area contributed by atoms with E-state index in [4.69, 9.17) is 5.73 Å². The van der Waals surface area contributed by atoms with Crippen LogP contribution in [0.3, 0.4) is 0 Å². The number of amides is 2. The summed E-state index contributed by atoms with van der Waals surface area (Å²) in [4.78, 5) is 63.3. The van der Waals surface area contributed by atoms with Crippen molar-refractivity contribution in [3.05, 3.63) is 35.9 Å². The number of benzene rings is 1. The fourth-order valence-electron chi connectivity index (χ4n) is 3.21. The van der Waals surface area contributed by atoms with Gasteiger partial charge in [0.25, 0.3) is 5.78 Å². The smallest absolute Gasteiger partial charge is 0.271 e. The van der Waals surface area contributed by atoms with Crippen molar-refractivity contribution in [2.45, 2.75) is 38.8 Å². The van der Waals surface area contributed by atoms with Crippen molar-refractivity contribution >= 4 is 29.2 Å². The SMILES string of the molecule is CC(C)[C@H](NC(=O)CN)C(=O)N1CCC[C@H]1C(=O)C(=O)C(=O)c1ccccc1. The number of nitrogens with one attached hydrogen (secondary N) is 1.